The van der Waals surface area contributed by atoms with E-state index in [2.05, 4.69) is 0 Å². The second-order valence-electron chi connectivity index (χ2n) is 5.13. The van der Waals surface area contributed by atoms with Crippen LogP contribution in [0.1, 0.15) is 18.9 Å². The van der Waals surface area contributed by atoms with Crippen molar-refractivity contribution >= 4 is 15.7 Å². The molecule has 0 bridgehead atoms. The van der Waals surface area contributed by atoms with Gasteiger partial charge < -0.3 is 0 Å². The zero-order chi connectivity index (χ0) is 14.2. The number of aryl methyl sites for hydroxylation is 1. The largest absolute Gasteiger partial charge is 0.264 e. The lowest BCUT2D eigenvalue weighted by Crippen LogP contribution is -2.41. The van der Waals surface area contributed by atoms with Gasteiger partial charge >= 0.3 is 0 Å². The smallest absolute Gasteiger partial charge is 0.263 e. The first-order chi connectivity index (χ1) is 9.60. The van der Waals surface area contributed by atoms with Gasteiger partial charge in [-0.15, -0.1) is 0 Å². The van der Waals surface area contributed by atoms with Crippen LogP contribution < -0.4 is 4.31 Å². The van der Waals surface area contributed by atoms with Crippen LogP contribution >= 0.6 is 0 Å². The highest BCUT2D eigenvalue weighted by Crippen LogP contribution is 2.34. The summed E-state index contributed by atoms with van der Waals surface area (Å²) in [6.45, 7) is 1.97. The Bertz CT molecular complexity index is 710. The van der Waals surface area contributed by atoms with E-state index >= 15 is 0 Å². The number of fused-ring (bicyclic) bond motifs is 1. The molecule has 1 aliphatic heterocycles. The molecule has 0 aromatic heterocycles. The van der Waals surface area contributed by atoms with Gasteiger partial charge in [-0.05, 0) is 43.5 Å². The summed E-state index contributed by atoms with van der Waals surface area (Å²) in [6.07, 6.45) is 1.78. The fraction of sp³-hybridized carbons (Fsp3) is 0.250. The second-order valence-corrected chi connectivity index (χ2v) is 6.95. The molecule has 104 valence electrons. The van der Waals surface area contributed by atoms with Gasteiger partial charge in [-0.2, -0.15) is 0 Å². The first kappa shape index (κ1) is 13.2. The first-order valence-electron chi connectivity index (χ1n) is 6.78. The van der Waals surface area contributed by atoms with Gasteiger partial charge in [0.1, 0.15) is 0 Å². The Morgan fingerprint density at radius 3 is 2.40 bits per heavy atom. The van der Waals surface area contributed by atoms with Crippen molar-refractivity contribution in [1.82, 2.24) is 0 Å². The fourth-order valence-electron chi connectivity index (χ4n) is 2.73. The maximum atomic E-state index is 12.9. The molecular weight excluding hydrogens is 270 g/mol. The SMILES string of the molecule is C[C@H]1CCc2ccccc2N1S(=O)(=O)c1ccccc1. The third-order valence-corrected chi connectivity index (χ3v) is 5.70. The van der Waals surface area contributed by atoms with E-state index in [0.717, 1.165) is 24.1 Å². The Labute approximate surface area is 119 Å². The summed E-state index contributed by atoms with van der Waals surface area (Å²) < 4.78 is 27.3. The normalized spacial score (nSPS) is 18.6. The zero-order valence-electron chi connectivity index (χ0n) is 11.4. The van der Waals surface area contributed by atoms with Crippen LogP contribution in [0.3, 0.4) is 0 Å². The molecule has 0 fully saturated rings. The first-order valence-corrected chi connectivity index (χ1v) is 8.22. The molecule has 20 heavy (non-hydrogen) atoms. The molecule has 0 saturated carbocycles. The predicted molar refractivity (Wildman–Crippen MR) is 80.3 cm³/mol. The van der Waals surface area contributed by atoms with Crippen LogP contribution in [0.5, 0.6) is 0 Å². The van der Waals surface area contributed by atoms with Gasteiger partial charge in [0.2, 0.25) is 0 Å². The molecule has 3 rings (SSSR count). The molecule has 1 heterocycles. The van der Waals surface area contributed by atoms with Crippen molar-refractivity contribution in [3.8, 4) is 0 Å². The average Bonchev–Trinajstić information content (AvgIpc) is 2.47. The van der Waals surface area contributed by atoms with Gasteiger partial charge in [-0.1, -0.05) is 36.4 Å². The number of benzene rings is 2. The quantitative estimate of drug-likeness (QED) is 0.850. The van der Waals surface area contributed by atoms with E-state index in [9.17, 15) is 8.42 Å². The minimum atomic E-state index is -3.49. The molecule has 0 amide bonds. The van der Waals surface area contributed by atoms with Crippen molar-refractivity contribution in [2.45, 2.75) is 30.7 Å². The summed E-state index contributed by atoms with van der Waals surface area (Å²) in [5.74, 6) is 0. The summed E-state index contributed by atoms with van der Waals surface area (Å²) in [7, 11) is -3.49. The summed E-state index contributed by atoms with van der Waals surface area (Å²) in [4.78, 5) is 0.351. The second kappa shape index (κ2) is 4.94. The fourth-order valence-corrected chi connectivity index (χ4v) is 4.47. The van der Waals surface area contributed by atoms with Crippen LogP contribution in [0.25, 0.3) is 0 Å². The topological polar surface area (TPSA) is 37.4 Å². The Hall–Kier alpha value is -1.81. The van der Waals surface area contributed by atoms with Crippen LogP contribution in [0.15, 0.2) is 59.5 Å². The highest BCUT2D eigenvalue weighted by atomic mass is 32.2. The van der Waals surface area contributed by atoms with Crippen molar-refractivity contribution in [2.24, 2.45) is 0 Å². The molecular formula is C16H17NO2S. The number of sulfonamides is 1. The summed E-state index contributed by atoms with van der Waals surface area (Å²) >= 11 is 0. The number of rotatable bonds is 2. The molecule has 0 aliphatic carbocycles. The highest BCUT2D eigenvalue weighted by molar-refractivity contribution is 7.92. The monoisotopic (exact) mass is 287 g/mol. The van der Waals surface area contributed by atoms with Gasteiger partial charge in [0.25, 0.3) is 10.0 Å². The summed E-state index contributed by atoms with van der Waals surface area (Å²) in [6, 6.07) is 16.4. The maximum absolute atomic E-state index is 12.9. The number of nitrogens with zero attached hydrogens (tertiary/aromatic N) is 1. The number of hydrogen-bond donors (Lipinski definition) is 0. The van der Waals surface area contributed by atoms with Gasteiger partial charge in [0.05, 0.1) is 10.6 Å². The standard InChI is InChI=1S/C16H17NO2S/c1-13-11-12-14-7-5-6-10-16(14)17(13)20(18,19)15-8-3-2-4-9-15/h2-10,13H,11-12H2,1H3/t13-/m0/s1. The molecule has 0 unspecified atom stereocenters. The minimum Gasteiger partial charge on any atom is -0.263 e. The van der Waals surface area contributed by atoms with Crippen LogP contribution in [0.2, 0.25) is 0 Å². The Balaban J connectivity index is 2.14. The molecule has 0 N–H and O–H groups in total. The summed E-state index contributed by atoms with van der Waals surface area (Å²) in [5, 5.41) is 0. The van der Waals surface area contributed by atoms with E-state index < -0.39 is 10.0 Å². The van der Waals surface area contributed by atoms with Crippen LogP contribution in [-0.2, 0) is 16.4 Å². The van der Waals surface area contributed by atoms with Gasteiger partial charge in [0, 0.05) is 6.04 Å². The lowest BCUT2D eigenvalue weighted by molar-refractivity contribution is 0.563. The zero-order valence-corrected chi connectivity index (χ0v) is 12.2. The molecule has 4 heteroatoms. The van der Waals surface area contributed by atoms with E-state index in [4.69, 9.17) is 0 Å². The summed E-state index contributed by atoms with van der Waals surface area (Å²) in [5.41, 5.74) is 1.92. The highest BCUT2D eigenvalue weighted by Gasteiger charge is 2.33. The minimum absolute atomic E-state index is 0.0184. The molecule has 0 saturated heterocycles. The maximum Gasteiger partial charge on any atom is 0.264 e. The third-order valence-electron chi connectivity index (χ3n) is 3.76. The van der Waals surface area contributed by atoms with Crippen molar-refractivity contribution in [3.63, 3.8) is 0 Å². The Morgan fingerprint density at radius 2 is 1.65 bits per heavy atom. The van der Waals surface area contributed by atoms with Crippen LogP contribution in [0, 0.1) is 0 Å². The van der Waals surface area contributed by atoms with Gasteiger partial charge in [0.15, 0.2) is 0 Å². The van der Waals surface area contributed by atoms with Crippen LogP contribution in [0.4, 0.5) is 5.69 Å². The molecule has 2 aromatic rings. The van der Waals surface area contributed by atoms with E-state index in [0.29, 0.717) is 4.90 Å². The third kappa shape index (κ3) is 2.10. The van der Waals surface area contributed by atoms with Gasteiger partial charge in [-0.3, -0.25) is 4.31 Å². The van der Waals surface area contributed by atoms with Gasteiger partial charge in [-0.25, -0.2) is 8.42 Å². The lowest BCUT2D eigenvalue weighted by atomic mass is 9.99. The Kier molecular flexibility index (Phi) is 3.26. The van der Waals surface area contributed by atoms with Crippen molar-refractivity contribution in [3.05, 3.63) is 60.2 Å². The van der Waals surface area contributed by atoms with E-state index in [1.54, 1.807) is 28.6 Å². The molecule has 3 nitrogen and oxygen atoms in total. The van der Waals surface area contributed by atoms with E-state index in [1.807, 2.05) is 37.3 Å². The van der Waals surface area contributed by atoms with E-state index in [-0.39, 0.29) is 6.04 Å². The average molecular weight is 287 g/mol. The van der Waals surface area contributed by atoms with Crippen molar-refractivity contribution < 1.29 is 8.42 Å². The lowest BCUT2D eigenvalue weighted by Gasteiger charge is -2.35. The van der Waals surface area contributed by atoms with Crippen molar-refractivity contribution in [1.29, 1.82) is 0 Å². The number of anilines is 1. The number of hydrogen-bond acceptors (Lipinski definition) is 2. The predicted octanol–water partition coefficient (Wildman–Crippen LogP) is 3.22. The molecule has 2 aromatic carbocycles. The number of para-hydroxylation sites is 1. The van der Waals surface area contributed by atoms with E-state index in [1.165, 1.54) is 0 Å². The van der Waals surface area contributed by atoms with Crippen molar-refractivity contribution in [2.75, 3.05) is 4.31 Å². The molecule has 0 spiro atoms. The molecule has 1 aliphatic rings. The molecule has 1 atom stereocenters. The van der Waals surface area contributed by atoms with Crippen LogP contribution in [-0.4, -0.2) is 14.5 Å². The Morgan fingerprint density at radius 1 is 1.00 bits per heavy atom. The molecule has 0 radical (unpaired) electrons.